The lowest BCUT2D eigenvalue weighted by molar-refractivity contribution is 0.122. The minimum atomic E-state index is -0.526. The number of rotatable bonds is 5. The molecule has 1 unspecified atom stereocenters. The van der Waals surface area contributed by atoms with E-state index in [2.05, 4.69) is 26.7 Å². The first-order chi connectivity index (χ1) is 14.1. The molecule has 6 nitrogen and oxygen atoms in total. The monoisotopic (exact) mass is 403 g/mol. The fourth-order valence-electron chi connectivity index (χ4n) is 4.09. The standard InChI is InChI=1S/C21H27F2N5O/c1-26(20-4-5-24-21(25-20)28-7-9-29-10-8-28)19-3-2-6-27(15-19)14-16-11-17(22)13-18(23)12-16/h4-5,11-13,19H,2-3,6-10,14-15H2,1H3. The van der Waals surface area contributed by atoms with Crippen LogP contribution in [0.1, 0.15) is 18.4 Å². The Morgan fingerprint density at radius 2 is 1.90 bits per heavy atom. The van der Waals surface area contributed by atoms with Gasteiger partial charge in [0.25, 0.3) is 0 Å². The zero-order chi connectivity index (χ0) is 20.2. The summed E-state index contributed by atoms with van der Waals surface area (Å²) in [6.07, 6.45) is 3.90. The van der Waals surface area contributed by atoms with Crippen molar-refractivity contribution < 1.29 is 13.5 Å². The molecule has 0 spiro atoms. The quantitative estimate of drug-likeness (QED) is 0.765. The number of morpholine rings is 1. The highest BCUT2D eigenvalue weighted by molar-refractivity contribution is 5.44. The van der Waals surface area contributed by atoms with E-state index in [0.717, 1.165) is 56.9 Å². The molecular formula is C21H27F2N5O. The molecular weight excluding hydrogens is 376 g/mol. The van der Waals surface area contributed by atoms with Gasteiger partial charge in [0.2, 0.25) is 5.95 Å². The summed E-state index contributed by atoms with van der Waals surface area (Å²) in [5.74, 6) is 0.579. The molecule has 0 bridgehead atoms. The number of benzene rings is 1. The summed E-state index contributed by atoms with van der Waals surface area (Å²) in [7, 11) is 2.06. The Kier molecular flexibility index (Phi) is 6.20. The van der Waals surface area contributed by atoms with E-state index in [1.54, 1.807) is 6.20 Å². The summed E-state index contributed by atoms with van der Waals surface area (Å²) in [6, 6.07) is 5.96. The number of anilines is 2. The van der Waals surface area contributed by atoms with Crippen molar-refractivity contribution in [3.63, 3.8) is 0 Å². The van der Waals surface area contributed by atoms with E-state index in [9.17, 15) is 8.78 Å². The van der Waals surface area contributed by atoms with Crippen molar-refractivity contribution in [2.24, 2.45) is 0 Å². The molecule has 4 rings (SSSR count). The lowest BCUT2D eigenvalue weighted by atomic mass is 10.0. The van der Waals surface area contributed by atoms with Crippen molar-refractivity contribution in [1.82, 2.24) is 14.9 Å². The van der Waals surface area contributed by atoms with Crippen LogP contribution in [-0.2, 0) is 11.3 Å². The summed E-state index contributed by atoms with van der Waals surface area (Å²) in [6.45, 7) is 5.28. The number of nitrogens with zero attached hydrogens (tertiary/aromatic N) is 5. The van der Waals surface area contributed by atoms with Crippen LogP contribution < -0.4 is 9.80 Å². The maximum absolute atomic E-state index is 13.5. The van der Waals surface area contributed by atoms with E-state index in [0.29, 0.717) is 25.3 Å². The second kappa shape index (κ2) is 9.00. The summed E-state index contributed by atoms with van der Waals surface area (Å²) >= 11 is 0. The van der Waals surface area contributed by atoms with Gasteiger partial charge in [-0.1, -0.05) is 0 Å². The van der Waals surface area contributed by atoms with Crippen LogP contribution in [0.2, 0.25) is 0 Å². The van der Waals surface area contributed by atoms with Gasteiger partial charge in [0.05, 0.1) is 13.2 Å². The molecule has 2 aliphatic heterocycles. The summed E-state index contributed by atoms with van der Waals surface area (Å²) in [5.41, 5.74) is 0.669. The highest BCUT2D eigenvalue weighted by Crippen LogP contribution is 2.23. The Bertz CT molecular complexity index is 810. The number of halogens is 2. The summed E-state index contributed by atoms with van der Waals surface area (Å²) < 4.78 is 32.4. The average Bonchev–Trinajstić information content (AvgIpc) is 2.73. The van der Waals surface area contributed by atoms with Gasteiger partial charge >= 0.3 is 0 Å². The Hall–Kier alpha value is -2.32. The van der Waals surface area contributed by atoms with Crippen LogP contribution in [0.15, 0.2) is 30.5 Å². The Morgan fingerprint density at radius 1 is 1.14 bits per heavy atom. The van der Waals surface area contributed by atoms with Crippen molar-refractivity contribution in [2.75, 3.05) is 56.2 Å². The van der Waals surface area contributed by atoms with Gasteiger partial charge in [0, 0.05) is 51.5 Å². The number of ether oxygens (including phenoxy) is 1. The number of piperidine rings is 1. The number of aromatic nitrogens is 2. The largest absolute Gasteiger partial charge is 0.378 e. The van der Waals surface area contributed by atoms with Crippen LogP contribution in [0.5, 0.6) is 0 Å². The third kappa shape index (κ3) is 5.00. The molecule has 3 heterocycles. The van der Waals surface area contributed by atoms with Gasteiger partial charge in [-0.3, -0.25) is 4.90 Å². The second-order valence-electron chi connectivity index (χ2n) is 7.73. The lowest BCUT2D eigenvalue weighted by Gasteiger charge is -2.38. The second-order valence-corrected chi connectivity index (χ2v) is 7.73. The zero-order valence-electron chi connectivity index (χ0n) is 16.7. The first kappa shape index (κ1) is 20.0. The third-order valence-electron chi connectivity index (χ3n) is 5.64. The SMILES string of the molecule is CN(c1ccnc(N2CCOCC2)n1)C1CCCN(Cc2cc(F)cc(F)c2)C1. The highest BCUT2D eigenvalue weighted by atomic mass is 19.1. The van der Waals surface area contributed by atoms with Crippen LogP contribution >= 0.6 is 0 Å². The number of likely N-dealkylation sites (N-methyl/N-ethyl adjacent to an activating group) is 1. The van der Waals surface area contributed by atoms with Crippen molar-refractivity contribution in [3.8, 4) is 0 Å². The molecule has 2 aliphatic rings. The Labute approximate surface area is 170 Å². The van der Waals surface area contributed by atoms with Gasteiger partial charge < -0.3 is 14.5 Å². The van der Waals surface area contributed by atoms with Crippen LogP contribution in [-0.4, -0.2) is 67.4 Å². The fraction of sp³-hybridized carbons (Fsp3) is 0.524. The first-order valence-corrected chi connectivity index (χ1v) is 10.1. The molecule has 29 heavy (non-hydrogen) atoms. The number of hydrogen-bond donors (Lipinski definition) is 0. The van der Waals surface area contributed by atoms with Crippen molar-refractivity contribution in [2.45, 2.75) is 25.4 Å². The molecule has 2 fully saturated rings. The van der Waals surface area contributed by atoms with Crippen LogP contribution in [0.4, 0.5) is 20.5 Å². The van der Waals surface area contributed by atoms with E-state index in [1.807, 2.05) is 6.07 Å². The van der Waals surface area contributed by atoms with Gasteiger partial charge in [0.1, 0.15) is 17.5 Å². The van der Waals surface area contributed by atoms with Crippen LogP contribution in [0.3, 0.4) is 0 Å². The molecule has 1 atom stereocenters. The first-order valence-electron chi connectivity index (χ1n) is 10.1. The van der Waals surface area contributed by atoms with Gasteiger partial charge in [-0.05, 0) is 43.1 Å². The summed E-state index contributed by atoms with van der Waals surface area (Å²) in [4.78, 5) is 15.8. The molecule has 2 saturated heterocycles. The minimum absolute atomic E-state index is 0.287. The maximum atomic E-state index is 13.5. The van der Waals surface area contributed by atoms with E-state index in [-0.39, 0.29) is 6.04 Å². The molecule has 1 aromatic heterocycles. The molecule has 8 heteroatoms. The average molecular weight is 403 g/mol. The maximum Gasteiger partial charge on any atom is 0.227 e. The molecule has 0 radical (unpaired) electrons. The number of likely N-dealkylation sites (tertiary alicyclic amines) is 1. The molecule has 2 aromatic rings. The predicted octanol–water partition coefficient (Wildman–Crippen LogP) is 2.69. The predicted molar refractivity (Wildman–Crippen MR) is 108 cm³/mol. The van der Waals surface area contributed by atoms with E-state index >= 15 is 0 Å². The molecule has 0 amide bonds. The van der Waals surface area contributed by atoms with Gasteiger partial charge in [-0.25, -0.2) is 13.8 Å². The molecule has 0 aliphatic carbocycles. The molecule has 1 aromatic carbocycles. The van der Waals surface area contributed by atoms with E-state index in [4.69, 9.17) is 9.72 Å². The Morgan fingerprint density at radius 3 is 2.66 bits per heavy atom. The van der Waals surface area contributed by atoms with Gasteiger partial charge in [-0.15, -0.1) is 0 Å². The molecule has 0 saturated carbocycles. The van der Waals surface area contributed by atoms with Gasteiger partial charge in [0.15, 0.2) is 0 Å². The van der Waals surface area contributed by atoms with Crippen molar-refractivity contribution >= 4 is 11.8 Å². The molecule has 0 N–H and O–H groups in total. The third-order valence-corrected chi connectivity index (χ3v) is 5.64. The fourth-order valence-corrected chi connectivity index (χ4v) is 4.09. The van der Waals surface area contributed by atoms with Crippen molar-refractivity contribution in [3.05, 3.63) is 47.7 Å². The van der Waals surface area contributed by atoms with Gasteiger partial charge in [-0.2, -0.15) is 4.98 Å². The van der Waals surface area contributed by atoms with Crippen LogP contribution in [0.25, 0.3) is 0 Å². The van der Waals surface area contributed by atoms with Crippen LogP contribution in [0, 0.1) is 11.6 Å². The lowest BCUT2D eigenvalue weighted by Crippen LogP contribution is -2.46. The van der Waals surface area contributed by atoms with Crippen molar-refractivity contribution in [1.29, 1.82) is 0 Å². The highest BCUT2D eigenvalue weighted by Gasteiger charge is 2.25. The summed E-state index contributed by atoms with van der Waals surface area (Å²) in [5, 5.41) is 0. The normalized spacial score (nSPS) is 20.7. The zero-order valence-corrected chi connectivity index (χ0v) is 16.7. The minimum Gasteiger partial charge on any atom is -0.378 e. The van der Waals surface area contributed by atoms with E-state index in [1.165, 1.54) is 12.1 Å². The smallest absolute Gasteiger partial charge is 0.227 e. The number of hydrogen-bond acceptors (Lipinski definition) is 6. The Balaban J connectivity index is 1.42. The molecule has 156 valence electrons. The van der Waals surface area contributed by atoms with E-state index < -0.39 is 11.6 Å². The topological polar surface area (TPSA) is 44.7 Å².